The number of amides is 2. The minimum atomic E-state index is -4.65. The lowest BCUT2D eigenvalue weighted by atomic mass is 10.1. The molecule has 0 unspecified atom stereocenters. The van der Waals surface area contributed by atoms with E-state index in [1.54, 1.807) is 32.9 Å². The zero-order chi connectivity index (χ0) is 29.5. The molecule has 2 amide bonds. The molecule has 7 nitrogen and oxygen atoms in total. The third kappa shape index (κ3) is 9.58. The summed E-state index contributed by atoms with van der Waals surface area (Å²) < 4.78 is 65.3. The first kappa shape index (κ1) is 32.7. The number of anilines is 1. The van der Waals surface area contributed by atoms with Gasteiger partial charge in [-0.1, -0.05) is 42.3 Å². The molecule has 1 N–H and O–H groups in total. The summed E-state index contributed by atoms with van der Waals surface area (Å²) in [4.78, 5) is 27.7. The number of hydrogen-bond donors (Lipinski definition) is 1. The summed E-state index contributed by atoms with van der Waals surface area (Å²) in [5, 5.41) is 3.52. The van der Waals surface area contributed by atoms with Gasteiger partial charge in [-0.05, 0) is 62.6 Å². The number of nitrogens with zero attached hydrogens (tertiary/aromatic N) is 2. The van der Waals surface area contributed by atoms with Gasteiger partial charge in [0.1, 0.15) is 6.04 Å². The highest BCUT2D eigenvalue weighted by atomic mass is 35.5. The second kappa shape index (κ2) is 13.7. The molecular formula is C26H32Cl2F3N3O4S. The molecule has 0 saturated heterocycles. The Hall–Kier alpha value is -2.50. The zero-order valence-electron chi connectivity index (χ0n) is 22.1. The van der Waals surface area contributed by atoms with Crippen LogP contribution in [0.25, 0.3) is 0 Å². The first-order chi connectivity index (χ1) is 18.0. The number of hydrogen-bond acceptors (Lipinski definition) is 4. The van der Waals surface area contributed by atoms with Crippen molar-refractivity contribution < 1.29 is 31.2 Å². The van der Waals surface area contributed by atoms with Crippen LogP contribution in [0.2, 0.25) is 10.0 Å². The van der Waals surface area contributed by atoms with Gasteiger partial charge in [0.05, 0.1) is 17.5 Å². The van der Waals surface area contributed by atoms with Gasteiger partial charge in [-0.2, -0.15) is 13.2 Å². The summed E-state index contributed by atoms with van der Waals surface area (Å²) in [5.41, 5.74) is -0.586. The highest BCUT2D eigenvalue weighted by Gasteiger charge is 2.32. The Kier molecular flexibility index (Phi) is 11.5. The van der Waals surface area contributed by atoms with Crippen molar-refractivity contribution in [2.24, 2.45) is 0 Å². The third-order valence-corrected chi connectivity index (χ3v) is 7.57. The summed E-state index contributed by atoms with van der Waals surface area (Å²) in [7, 11) is -3.96. The van der Waals surface area contributed by atoms with Crippen LogP contribution >= 0.6 is 23.2 Å². The van der Waals surface area contributed by atoms with Crippen LogP contribution in [0.15, 0.2) is 42.5 Å². The van der Waals surface area contributed by atoms with E-state index in [0.29, 0.717) is 22.0 Å². The molecule has 1 atom stereocenters. The highest BCUT2D eigenvalue weighted by Crippen LogP contribution is 2.32. The van der Waals surface area contributed by atoms with Gasteiger partial charge in [0.25, 0.3) is 0 Å². The second-order valence-electron chi connectivity index (χ2n) is 9.33. The van der Waals surface area contributed by atoms with E-state index in [4.69, 9.17) is 23.2 Å². The standard InChI is InChI=1S/C26H32Cl2F3N3O4S/c1-5-23(25(36)32-17(2)3)33(16-18-11-12-20(27)15-22(18)28)24(35)10-7-13-34(39(4,37)38)21-9-6-8-19(14-21)26(29,30)31/h6,8-9,11-12,14-15,17,23H,5,7,10,13,16H2,1-4H3,(H,32,36)/t23-/m1/s1. The van der Waals surface area contributed by atoms with Crippen molar-refractivity contribution in [3.8, 4) is 0 Å². The fourth-order valence-electron chi connectivity index (χ4n) is 3.97. The van der Waals surface area contributed by atoms with Crippen molar-refractivity contribution in [1.29, 1.82) is 0 Å². The fraction of sp³-hybridized carbons (Fsp3) is 0.462. The molecule has 2 aromatic carbocycles. The van der Waals surface area contributed by atoms with E-state index in [2.05, 4.69) is 5.32 Å². The lowest BCUT2D eigenvalue weighted by Gasteiger charge is -2.32. The first-order valence-electron chi connectivity index (χ1n) is 12.2. The number of benzene rings is 2. The predicted octanol–water partition coefficient (Wildman–Crippen LogP) is 5.89. The topological polar surface area (TPSA) is 86.8 Å². The third-order valence-electron chi connectivity index (χ3n) is 5.79. The van der Waals surface area contributed by atoms with Gasteiger partial charge in [0, 0.05) is 35.6 Å². The first-order valence-corrected chi connectivity index (χ1v) is 14.8. The smallest absolute Gasteiger partial charge is 0.352 e. The van der Waals surface area contributed by atoms with E-state index < -0.39 is 33.7 Å². The van der Waals surface area contributed by atoms with Crippen molar-refractivity contribution in [3.05, 3.63) is 63.6 Å². The van der Waals surface area contributed by atoms with Crippen LogP contribution in [0, 0.1) is 0 Å². The lowest BCUT2D eigenvalue weighted by Crippen LogP contribution is -2.50. The van der Waals surface area contributed by atoms with E-state index in [1.165, 1.54) is 17.0 Å². The Balaban J connectivity index is 2.29. The number of rotatable bonds is 12. The van der Waals surface area contributed by atoms with Crippen molar-refractivity contribution in [3.63, 3.8) is 0 Å². The number of carbonyl (C=O) groups excluding carboxylic acids is 2. The van der Waals surface area contributed by atoms with Gasteiger partial charge in [-0.25, -0.2) is 8.42 Å². The molecule has 0 bridgehead atoms. The van der Waals surface area contributed by atoms with Gasteiger partial charge in [-0.15, -0.1) is 0 Å². The van der Waals surface area contributed by atoms with Gasteiger partial charge < -0.3 is 10.2 Å². The fourth-order valence-corrected chi connectivity index (χ4v) is 5.40. The van der Waals surface area contributed by atoms with Gasteiger partial charge >= 0.3 is 6.18 Å². The SMILES string of the molecule is CC[C@H](C(=O)NC(C)C)N(Cc1ccc(Cl)cc1Cl)C(=O)CCCN(c1cccc(C(F)(F)F)c1)S(C)(=O)=O. The van der Waals surface area contributed by atoms with Crippen molar-refractivity contribution >= 4 is 50.7 Å². The summed E-state index contributed by atoms with van der Waals surface area (Å²) in [5.74, 6) is -0.795. The van der Waals surface area contributed by atoms with Gasteiger partial charge in [-0.3, -0.25) is 13.9 Å². The Bertz CT molecular complexity index is 1270. The van der Waals surface area contributed by atoms with Crippen LogP contribution in [0.1, 0.15) is 51.2 Å². The largest absolute Gasteiger partial charge is 0.416 e. The highest BCUT2D eigenvalue weighted by molar-refractivity contribution is 7.92. The summed E-state index contributed by atoms with van der Waals surface area (Å²) in [6.07, 6.45) is -3.64. The monoisotopic (exact) mass is 609 g/mol. The molecule has 2 aromatic rings. The summed E-state index contributed by atoms with van der Waals surface area (Å²) >= 11 is 12.3. The maximum Gasteiger partial charge on any atom is 0.416 e. The molecule has 0 heterocycles. The molecule has 0 fully saturated rings. The van der Waals surface area contributed by atoms with Crippen LogP contribution in [0.3, 0.4) is 0 Å². The van der Waals surface area contributed by atoms with Crippen LogP contribution in [-0.4, -0.2) is 50.0 Å². The molecule has 0 aromatic heterocycles. The molecule has 39 heavy (non-hydrogen) atoms. The Morgan fingerprint density at radius 3 is 2.28 bits per heavy atom. The average Bonchev–Trinajstić information content (AvgIpc) is 2.81. The van der Waals surface area contributed by atoms with Crippen LogP contribution in [0.5, 0.6) is 0 Å². The number of carbonyl (C=O) groups is 2. The average molecular weight is 611 g/mol. The maximum absolute atomic E-state index is 13.4. The van der Waals surface area contributed by atoms with Crippen LogP contribution in [0.4, 0.5) is 18.9 Å². The molecule has 0 saturated carbocycles. The Morgan fingerprint density at radius 1 is 1.08 bits per heavy atom. The van der Waals surface area contributed by atoms with E-state index in [9.17, 15) is 31.2 Å². The molecule has 0 aliphatic rings. The van der Waals surface area contributed by atoms with Gasteiger partial charge in [0.2, 0.25) is 21.8 Å². The van der Waals surface area contributed by atoms with Crippen LogP contribution < -0.4 is 9.62 Å². The zero-order valence-corrected chi connectivity index (χ0v) is 24.4. The summed E-state index contributed by atoms with van der Waals surface area (Å²) in [6, 6.07) is 7.77. The molecule has 0 aliphatic carbocycles. The quantitative estimate of drug-likeness (QED) is 0.325. The predicted molar refractivity (Wildman–Crippen MR) is 147 cm³/mol. The van der Waals surface area contributed by atoms with Crippen LogP contribution in [-0.2, 0) is 32.3 Å². The number of alkyl halides is 3. The minimum absolute atomic E-state index is 0.00226. The van der Waals surface area contributed by atoms with Crippen molar-refractivity contribution in [2.75, 3.05) is 17.1 Å². The number of nitrogens with one attached hydrogen (secondary N) is 1. The number of halogens is 5. The van der Waals surface area contributed by atoms with Gasteiger partial charge in [0.15, 0.2) is 0 Å². The normalized spacial score (nSPS) is 12.8. The Morgan fingerprint density at radius 2 is 1.74 bits per heavy atom. The van der Waals surface area contributed by atoms with E-state index in [0.717, 1.165) is 28.8 Å². The van der Waals surface area contributed by atoms with E-state index in [-0.39, 0.29) is 43.6 Å². The molecule has 2 rings (SSSR count). The maximum atomic E-state index is 13.4. The van der Waals surface area contributed by atoms with Crippen molar-refractivity contribution in [1.82, 2.24) is 10.2 Å². The molecule has 0 radical (unpaired) electrons. The molecule has 0 spiro atoms. The second-order valence-corrected chi connectivity index (χ2v) is 12.1. The van der Waals surface area contributed by atoms with E-state index >= 15 is 0 Å². The van der Waals surface area contributed by atoms with Crippen molar-refractivity contribution in [2.45, 2.75) is 64.8 Å². The minimum Gasteiger partial charge on any atom is -0.352 e. The lowest BCUT2D eigenvalue weighted by molar-refractivity contribution is -0.141. The Labute approximate surface area is 237 Å². The molecule has 0 aliphatic heterocycles. The van der Waals surface area contributed by atoms with E-state index in [1.807, 2.05) is 0 Å². The molecule has 216 valence electrons. The molecular weight excluding hydrogens is 578 g/mol. The number of sulfonamides is 1. The molecule has 13 heteroatoms. The summed E-state index contributed by atoms with van der Waals surface area (Å²) in [6.45, 7) is 5.10.